The number of carbonyl (C=O) groups is 1. The summed E-state index contributed by atoms with van der Waals surface area (Å²) in [5, 5.41) is 10.7. The van der Waals surface area contributed by atoms with Gasteiger partial charge in [0.2, 0.25) is 0 Å². The van der Waals surface area contributed by atoms with E-state index in [0.717, 1.165) is 11.1 Å². The minimum atomic E-state index is -3.73. The summed E-state index contributed by atoms with van der Waals surface area (Å²) in [6, 6.07) is 8.57. The number of esters is 1. The van der Waals surface area contributed by atoms with Gasteiger partial charge in [0, 0.05) is 11.1 Å². The molecule has 8 heteroatoms. The summed E-state index contributed by atoms with van der Waals surface area (Å²) in [5.74, 6) is 0.265. The first-order chi connectivity index (χ1) is 14.7. The first-order valence-electron chi connectivity index (χ1n) is 10.0. The number of para-hydroxylation sites is 1. The number of cyclic esters (lactones) is 1. The van der Waals surface area contributed by atoms with E-state index in [0.29, 0.717) is 41.9 Å². The number of methoxy groups -OCH3 is 1. The van der Waals surface area contributed by atoms with Crippen LogP contribution in [0.3, 0.4) is 0 Å². The molecule has 1 heterocycles. The maximum Gasteiger partial charge on any atom is 0.376 e. The van der Waals surface area contributed by atoms with E-state index in [-0.39, 0.29) is 24.1 Å². The van der Waals surface area contributed by atoms with Crippen molar-refractivity contribution in [2.45, 2.75) is 39.7 Å². The molecule has 1 unspecified atom stereocenters. The Morgan fingerprint density at radius 2 is 2.00 bits per heavy atom. The number of fused-ring (bicyclic) bond motifs is 1. The van der Waals surface area contributed by atoms with Crippen LogP contribution in [-0.2, 0) is 22.3 Å². The fourth-order valence-electron chi connectivity index (χ4n) is 3.66. The summed E-state index contributed by atoms with van der Waals surface area (Å²) in [4.78, 5) is 22.1. The summed E-state index contributed by atoms with van der Waals surface area (Å²) < 4.78 is 28.0. The third-order valence-corrected chi connectivity index (χ3v) is 6.68. The van der Waals surface area contributed by atoms with Gasteiger partial charge in [0.1, 0.15) is 29.4 Å². The Morgan fingerprint density at radius 1 is 1.29 bits per heavy atom. The first-order valence-corrected chi connectivity index (χ1v) is 11.8. The number of hydrogen-bond donors (Lipinski definition) is 2. The molecule has 0 radical (unpaired) electrons. The van der Waals surface area contributed by atoms with Gasteiger partial charge in [-0.05, 0) is 50.8 Å². The Hall–Kier alpha value is -2.76. The number of phenols is 1. The molecular weight excluding hydrogens is 419 g/mol. The molecule has 1 atom stereocenters. The Bertz CT molecular complexity index is 1040. The van der Waals surface area contributed by atoms with Crippen LogP contribution in [0.4, 0.5) is 0 Å². The topological polar surface area (TPSA) is 102 Å². The van der Waals surface area contributed by atoms with E-state index < -0.39 is 13.6 Å². The molecule has 1 aliphatic heterocycles. The Labute approximate surface area is 181 Å². The second-order valence-electron chi connectivity index (χ2n) is 7.54. The van der Waals surface area contributed by atoms with Crippen molar-refractivity contribution in [2.24, 2.45) is 0 Å². The number of rotatable bonds is 9. The summed E-state index contributed by atoms with van der Waals surface area (Å²) in [7, 11) is -2.20. The molecule has 3 rings (SSSR count). The molecule has 0 saturated heterocycles. The van der Waals surface area contributed by atoms with Crippen LogP contribution in [0.1, 0.15) is 46.8 Å². The molecule has 0 bridgehead atoms. The molecule has 0 aromatic heterocycles. The van der Waals surface area contributed by atoms with Crippen LogP contribution in [0.15, 0.2) is 42.0 Å². The largest absolute Gasteiger partial charge is 0.507 e. The number of carbonyl (C=O) groups excluding carboxylic acids is 1. The predicted molar refractivity (Wildman–Crippen MR) is 117 cm³/mol. The molecule has 0 aliphatic carbocycles. The fraction of sp³-hybridized carbons (Fsp3) is 0.348. The molecule has 166 valence electrons. The van der Waals surface area contributed by atoms with Crippen molar-refractivity contribution in [3.05, 3.63) is 64.2 Å². The van der Waals surface area contributed by atoms with Gasteiger partial charge in [-0.1, -0.05) is 29.8 Å². The van der Waals surface area contributed by atoms with E-state index in [4.69, 9.17) is 14.0 Å². The average molecular weight is 446 g/mol. The van der Waals surface area contributed by atoms with Crippen LogP contribution in [-0.4, -0.2) is 29.2 Å². The highest BCUT2D eigenvalue weighted by Crippen LogP contribution is 2.44. The standard InChI is InChI=1S/C23H27O7P/c1-15(8-7-13-31(26,27)30-17-9-5-4-6-10-17)11-12-18-21(24)20-19(14-29-23(20)25)16(2)22(18)28-3/h4-6,9-11,24H,7-8,12-14H2,1-3H3,(H,26,27). The van der Waals surface area contributed by atoms with Gasteiger partial charge >= 0.3 is 13.6 Å². The van der Waals surface area contributed by atoms with E-state index in [1.807, 2.05) is 26.0 Å². The minimum absolute atomic E-state index is 0.0332. The molecule has 2 aromatic rings. The summed E-state index contributed by atoms with van der Waals surface area (Å²) in [6.07, 6.45) is 3.38. The Balaban J connectivity index is 1.65. The van der Waals surface area contributed by atoms with E-state index >= 15 is 0 Å². The number of phenolic OH excluding ortho intramolecular Hbond substituents is 1. The lowest BCUT2D eigenvalue weighted by Crippen LogP contribution is -2.03. The van der Waals surface area contributed by atoms with Gasteiger partial charge in [-0.2, -0.15) is 0 Å². The van der Waals surface area contributed by atoms with Gasteiger partial charge in [-0.3, -0.25) is 0 Å². The number of benzene rings is 2. The summed E-state index contributed by atoms with van der Waals surface area (Å²) in [5.41, 5.74) is 3.15. The van der Waals surface area contributed by atoms with Crippen molar-refractivity contribution in [1.29, 1.82) is 0 Å². The zero-order valence-corrected chi connectivity index (χ0v) is 18.8. The highest BCUT2D eigenvalue weighted by atomic mass is 31.2. The number of hydrogen-bond acceptors (Lipinski definition) is 6. The van der Waals surface area contributed by atoms with Gasteiger partial charge in [-0.25, -0.2) is 9.36 Å². The van der Waals surface area contributed by atoms with Crippen molar-refractivity contribution >= 4 is 13.6 Å². The van der Waals surface area contributed by atoms with E-state index in [1.165, 1.54) is 7.11 Å². The zero-order chi connectivity index (χ0) is 22.6. The summed E-state index contributed by atoms with van der Waals surface area (Å²) >= 11 is 0. The molecule has 0 saturated carbocycles. The lowest BCUT2D eigenvalue weighted by molar-refractivity contribution is 0.0533. The molecule has 7 nitrogen and oxygen atoms in total. The minimum Gasteiger partial charge on any atom is -0.507 e. The third-order valence-electron chi connectivity index (χ3n) is 5.31. The van der Waals surface area contributed by atoms with Gasteiger partial charge < -0.3 is 24.0 Å². The van der Waals surface area contributed by atoms with Gasteiger partial charge in [0.15, 0.2) is 0 Å². The van der Waals surface area contributed by atoms with Crippen LogP contribution in [0, 0.1) is 6.92 Å². The van der Waals surface area contributed by atoms with Gasteiger partial charge in [0.25, 0.3) is 0 Å². The monoisotopic (exact) mass is 446 g/mol. The van der Waals surface area contributed by atoms with Crippen molar-refractivity contribution in [3.8, 4) is 17.2 Å². The molecule has 2 aromatic carbocycles. The molecule has 1 aliphatic rings. The number of aromatic hydroxyl groups is 1. The molecule has 31 heavy (non-hydrogen) atoms. The quantitative estimate of drug-likeness (QED) is 0.320. The van der Waals surface area contributed by atoms with Crippen molar-refractivity contribution in [3.63, 3.8) is 0 Å². The molecule has 0 fully saturated rings. The summed E-state index contributed by atoms with van der Waals surface area (Å²) in [6.45, 7) is 3.88. The predicted octanol–water partition coefficient (Wildman–Crippen LogP) is 4.91. The molecular formula is C23H27O7P. The first kappa shape index (κ1) is 22.9. The van der Waals surface area contributed by atoms with Crippen LogP contribution < -0.4 is 9.26 Å². The van der Waals surface area contributed by atoms with E-state index in [1.54, 1.807) is 24.3 Å². The Kier molecular flexibility index (Phi) is 7.08. The second kappa shape index (κ2) is 9.58. The maximum absolute atomic E-state index is 12.3. The van der Waals surface area contributed by atoms with Gasteiger partial charge in [-0.15, -0.1) is 0 Å². The number of ether oxygens (including phenoxy) is 2. The molecule has 0 amide bonds. The van der Waals surface area contributed by atoms with E-state index in [9.17, 15) is 19.4 Å². The molecule has 2 N–H and O–H groups in total. The SMILES string of the molecule is COc1c(C)c2c(c(O)c1CC=C(C)CCCP(=O)(O)Oc1ccccc1)C(=O)OC2. The van der Waals surface area contributed by atoms with Crippen molar-refractivity contribution < 1.29 is 33.4 Å². The van der Waals surface area contributed by atoms with Crippen molar-refractivity contribution in [1.82, 2.24) is 0 Å². The van der Waals surface area contributed by atoms with Gasteiger partial charge in [0.05, 0.1) is 13.3 Å². The normalized spacial score (nSPS) is 15.2. The van der Waals surface area contributed by atoms with E-state index in [2.05, 4.69) is 0 Å². The maximum atomic E-state index is 12.3. The lowest BCUT2D eigenvalue weighted by atomic mass is 9.94. The average Bonchev–Trinajstić information content (AvgIpc) is 3.12. The van der Waals surface area contributed by atoms with Crippen molar-refractivity contribution in [2.75, 3.05) is 13.3 Å². The van der Waals surface area contributed by atoms with Crippen LogP contribution >= 0.6 is 7.60 Å². The smallest absolute Gasteiger partial charge is 0.376 e. The third kappa shape index (κ3) is 5.30. The van der Waals surface area contributed by atoms with Crippen LogP contribution in [0.25, 0.3) is 0 Å². The highest BCUT2D eigenvalue weighted by Gasteiger charge is 2.31. The van der Waals surface area contributed by atoms with Crippen LogP contribution in [0.5, 0.6) is 17.2 Å². The lowest BCUT2D eigenvalue weighted by Gasteiger charge is -2.16. The highest BCUT2D eigenvalue weighted by molar-refractivity contribution is 7.53. The molecule has 0 spiro atoms. The van der Waals surface area contributed by atoms with Crippen LogP contribution in [0.2, 0.25) is 0 Å². The fourth-order valence-corrected chi connectivity index (χ4v) is 4.76. The zero-order valence-electron chi connectivity index (χ0n) is 17.9. The number of allylic oxidation sites excluding steroid dienone is 2. The second-order valence-corrected chi connectivity index (χ2v) is 9.44. The Morgan fingerprint density at radius 3 is 2.68 bits per heavy atom.